The van der Waals surface area contributed by atoms with Crippen molar-refractivity contribution < 1.29 is 4.79 Å². The van der Waals surface area contributed by atoms with Crippen LogP contribution < -0.4 is 11.3 Å². The third kappa shape index (κ3) is 1.87. The van der Waals surface area contributed by atoms with Crippen molar-refractivity contribution in [2.75, 3.05) is 0 Å². The molecule has 0 aliphatic heterocycles. The van der Waals surface area contributed by atoms with Gasteiger partial charge in [-0.25, -0.2) is 5.84 Å². The molecule has 0 saturated heterocycles. The Bertz CT molecular complexity index is 276. The van der Waals surface area contributed by atoms with Crippen LogP contribution in [-0.4, -0.2) is 10.9 Å². The van der Waals surface area contributed by atoms with Crippen LogP contribution in [-0.2, 0) is 0 Å². The molecule has 0 spiro atoms. The van der Waals surface area contributed by atoms with Crippen LogP contribution in [0.25, 0.3) is 0 Å². The Kier molecular flexibility index (Phi) is 2.77. The van der Waals surface area contributed by atoms with Crippen molar-refractivity contribution in [1.82, 2.24) is 10.4 Å². The molecule has 0 radical (unpaired) electrons. The number of nitrogens with one attached hydrogen (secondary N) is 1. The number of nitrogen functional groups attached to an aromatic ring is 1. The van der Waals surface area contributed by atoms with Crippen LogP contribution >= 0.6 is 22.6 Å². The molecule has 0 aromatic carbocycles. The van der Waals surface area contributed by atoms with E-state index in [4.69, 9.17) is 5.84 Å². The summed E-state index contributed by atoms with van der Waals surface area (Å²) in [6.07, 6.45) is 3.15. The molecule has 0 unspecified atom stereocenters. The summed E-state index contributed by atoms with van der Waals surface area (Å²) in [5.74, 6) is 4.66. The number of amides is 1. The van der Waals surface area contributed by atoms with Crippen LogP contribution in [0.5, 0.6) is 0 Å². The van der Waals surface area contributed by atoms with E-state index in [-0.39, 0.29) is 5.91 Å². The van der Waals surface area contributed by atoms with Crippen molar-refractivity contribution in [2.24, 2.45) is 5.84 Å². The van der Waals surface area contributed by atoms with Gasteiger partial charge in [0.15, 0.2) is 0 Å². The molecule has 0 atom stereocenters. The zero-order valence-electron chi connectivity index (χ0n) is 5.54. The Morgan fingerprint density at radius 2 is 2.45 bits per heavy atom. The van der Waals surface area contributed by atoms with Gasteiger partial charge in [0.25, 0.3) is 5.91 Å². The molecule has 1 aromatic rings. The normalized spacial score (nSPS) is 9.27. The van der Waals surface area contributed by atoms with Crippen LogP contribution in [0.2, 0.25) is 0 Å². The number of rotatable bonds is 1. The number of nitrogens with zero attached hydrogens (tertiary/aromatic N) is 1. The van der Waals surface area contributed by atoms with Crippen molar-refractivity contribution in [3.05, 3.63) is 27.6 Å². The Hall–Kier alpha value is -0.690. The topological polar surface area (TPSA) is 68.0 Å². The maximum atomic E-state index is 11.0. The van der Waals surface area contributed by atoms with Crippen LogP contribution in [0.15, 0.2) is 18.5 Å². The first-order valence-corrected chi connectivity index (χ1v) is 3.94. The van der Waals surface area contributed by atoms with Gasteiger partial charge in [-0.3, -0.25) is 15.2 Å². The lowest BCUT2D eigenvalue weighted by Crippen LogP contribution is -2.30. The minimum atomic E-state index is -0.295. The SMILES string of the molecule is NNC(=O)c1ccncc1I. The Morgan fingerprint density at radius 3 is 3.00 bits per heavy atom. The summed E-state index contributed by atoms with van der Waals surface area (Å²) < 4.78 is 0.785. The molecule has 5 heteroatoms. The van der Waals surface area contributed by atoms with E-state index in [0.717, 1.165) is 3.57 Å². The lowest BCUT2D eigenvalue weighted by atomic mass is 10.3. The molecule has 0 bridgehead atoms. The molecule has 0 aliphatic carbocycles. The third-order valence-electron chi connectivity index (χ3n) is 1.15. The van der Waals surface area contributed by atoms with Gasteiger partial charge in [-0.15, -0.1) is 0 Å². The molecular formula is C6H6IN3O. The standard InChI is InChI=1S/C6H6IN3O/c7-5-3-9-2-1-4(5)6(11)10-8/h1-3H,8H2,(H,10,11). The van der Waals surface area contributed by atoms with Crippen molar-refractivity contribution in [1.29, 1.82) is 0 Å². The maximum absolute atomic E-state index is 11.0. The highest BCUT2D eigenvalue weighted by atomic mass is 127. The first-order chi connectivity index (χ1) is 5.25. The summed E-state index contributed by atoms with van der Waals surface area (Å²) >= 11 is 2.02. The Labute approximate surface area is 77.3 Å². The van der Waals surface area contributed by atoms with Crippen molar-refractivity contribution >= 4 is 28.5 Å². The van der Waals surface area contributed by atoms with E-state index in [0.29, 0.717) is 5.56 Å². The molecule has 1 amide bonds. The lowest BCUT2D eigenvalue weighted by molar-refractivity contribution is 0.0952. The molecule has 3 N–H and O–H groups in total. The fourth-order valence-corrected chi connectivity index (χ4v) is 1.22. The number of hydrogen-bond donors (Lipinski definition) is 2. The molecule has 0 saturated carbocycles. The van der Waals surface area contributed by atoms with Crippen LogP contribution in [0.4, 0.5) is 0 Å². The molecule has 0 fully saturated rings. The number of aromatic nitrogens is 1. The quantitative estimate of drug-likeness (QED) is 0.331. The molecule has 1 rings (SSSR count). The van der Waals surface area contributed by atoms with Gasteiger partial charge >= 0.3 is 0 Å². The molecule has 0 aliphatic rings. The number of carbonyl (C=O) groups is 1. The Morgan fingerprint density at radius 1 is 1.73 bits per heavy atom. The average molecular weight is 263 g/mol. The van der Waals surface area contributed by atoms with Gasteiger partial charge in [0.05, 0.1) is 5.56 Å². The first kappa shape index (κ1) is 8.41. The lowest BCUT2D eigenvalue weighted by Gasteiger charge is -1.99. The molecule has 4 nitrogen and oxygen atoms in total. The summed E-state index contributed by atoms with van der Waals surface area (Å²) in [7, 11) is 0. The van der Waals surface area contributed by atoms with Gasteiger partial charge in [-0.2, -0.15) is 0 Å². The average Bonchev–Trinajstić information content (AvgIpc) is 2.04. The van der Waals surface area contributed by atoms with Crippen molar-refractivity contribution in [2.45, 2.75) is 0 Å². The van der Waals surface area contributed by atoms with Gasteiger partial charge < -0.3 is 0 Å². The summed E-state index contributed by atoms with van der Waals surface area (Å²) in [6, 6.07) is 1.62. The number of hydrogen-bond acceptors (Lipinski definition) is 3. The van der Waals surface area contributed by atoms with Gasteiger partial charge in [0.1, 0.15) is 0 Å². The highest BCUT2D eigenvalue weighted by Gasteiger charge is 2.06. The highest BCUT2D eigenvalue weighted by Crippen LogP contribution is 2.08. The van der Waals surface area contributed by atoms with Gasteiger partial charge in [0.2, 0.25) is 0 Å². The smallest absolute Gasteiger partial charge is 0.266 e. The highest BCUT2D eigenvalue weighted by molar-refractivity contribution is 14.1. The number of hydrazine groups is 1. The molecule has 58 valence electrons. The zero-order chi connectivity index (χ0) is 8.27. The number of halogens is 1. The van der Waals surface area contributed by atoms with E-state index in [1.807, 2.05) is 22.6 Å². The fourth-order valence-electron chi connectivity index (χ4n) is 0.637. The minimum absolute atomic E-state index is 0.295. The van der Waals surface area contributed by atoms with Crippen molar-refractivity contribution in [3.8, 4) is 0 Å². The van der Waals surface area contributed by atoms with E-state index < -0.39 is 0 Å². The maximum Gasteiger partial charge on any atom is 0.266 e. The summed E-state index contributed by atoms with van der Waals surface area (Å²) in [5, 5.41) is 0. The van der Waals surface area contributed by atoms with E-state index in [9.17, 15) is 4.79 Å². The monoisotopic (exact) mass is 263 g/mol. The molecule has 11 heavy (non-hydrogen) atoms. The summed E-state index contributed by atoms with van der Waals surface area (Å²) in [6.45, 7) is 0. The van der Waals surface area contributed by atoms with Crippen LogP contribution in [0, 0.1) is 3.57 Å². The number of pyridine rings is 1. The zero-order valence-corrected chi connectivity index (χ0v) is 7.70. The second kappa shape index (κ2) is 3.63. The van der Waals surface area contributed by atoms with E-state index in [1.165, 1.54) is 0 Å². The van der Waals surface area contributed by atoms with Crippen molar-refractivity contribution in [3.63, 3.8) is 0 Å². The van der Waals surface area contributed by atoms with Gasteiger partial charge in [-0.05, 0) is 28.7 Å². The van der Waals surface area contributed by atoms with Crippen LogP contribution in [0.3, 0.4) is 0 Å². The number of carbonyl (C=O) groups excluding carboxylic acids is 1. The van der Waals surface area contributed by atoms with E-state index in [2.05, 4.69) is 10.4 Å². The van der Waals surface area contributed by atoms with Crippen LogP contribution in [0.1, 0.15) is 10.4 Å². The second-order valence-electron chi connectivity index (χ2n) is 1.83. The third-order valence-corrected chi connectivity index (χ3v) is 2.01. The van der Waals surface area contributed by atoms with E-state index >= 15 is 0 Å². The number of nitrogens with two attached hydrogens (primary N) is 1. The summed E-state index contributed by atoms with van der Waals surface area (Å²) in [5.41, 5.74) is 2.60. The minimum Gasteiger partial charge on any atom is -0.290 e. The molecule has 1 heterocycles. The van der Waals surface area contributed by atoms with E-state index in [1.54, 1.807) is 18.5 Å². The molecule has 1 aromatic heterocycles. The fraction of sp³-hybridized carbons (Fsp3) is 0. The Balaban J connectivity index is 3.03. The van der Waals surface area contributed by atoms with Gasteiger partial charge in [0, 0.05) is 16.0 Å². The molecular weight excluding hydrogens is 257 g/mol. The first-order valence-electron chi connectivity index (χ1n) is 2.86. The summed E-state index contributed by atoms with van der Waals surface area (Å²) in [4.78, 5) is 14.8. The predicted molar refractivity (Wildman–Crippen MR) is 48.6 cm³/mol. The second-order valence-corrected chi connectivity index (χ2v) is 2.99. The van der Waals surface area contributed by atoms with Gasteiger partial charge in [-0.1, -0.05) is 0 Å². The largest absolute Gasteiger partial charge is 0.290 e. The predicted octanol–water partition coefficient (Wildman–Crippen LogP) is 0.290.